The van der Waals surface area contributed by atoms with Crippen LogP contribution in [0.4, 0.5) is 15.8 Å². The first-order chi connectivity index (χ1) is 5.15. The quantitative estimate of drug-likeness (QED) is 0.471. The van der Waals surface area contributed by atoms with Crippen molar-refractivity contribution in [1.82, 2.24) is 0 Å². The van der Waals surface area contributed by atoms with Crippen molar-refractivity contribution in [2.75, 3.05) is 5.73 Å². The van der Waals surface area contributed by atoms with Crippen LogP contribution in [0, 0.1) is 12.4 Å². The Hall–Kier alpha value is -1.27. The first-order valence-electron chi connectivity index (χ1n) is 2.77. The van der Waals surface area contributed by atoms with Crippen LogP contribution >= 0.6 is 11.6 Å². The van der Waals surface area contributed by atoms with Gasteiger partial charge in [-0.15, -0.1) is 0 Å². The van der Waals surface area contributed by atoms with Gasteiger partial charge in [-0.3, -0.25) is 0 Å². The third kappa shape index (κ3) is 1.41. The van der Waals surface area contributed by atoms with Gasteiger partial charge < -0.3 is 5.73 Å². The summed E-state index contributed by atoms with van der Waals surface area (Å²) in [4.78, 5) is 3.00. The molecule has 0 atom stereocenters. The van der Waals surface area contributed by atoms with Crippen molar-refractivity contribution in [3.63, 3.8) is 0 Å². The van der Waals surface area contributed by atoms with Crippen LogP contribution in [0.1, 0.15) is 0 Å². The SMILES string of the molecule is [C-]#[N+]c1cc(F)c(N)c(Cl)c1. The number of nitrogen functional groups attached to an aromatic ring is 1. The lowest BCUT2D eigenvalue weighted by atomic mass is 10.3. The molecule has 0 fully saturated rings. The molecule has 0 saturated heterocycles. The van der Waals surface area contributed by atoms with Gasteiger partial charge in [0.1, 0.15) is 5.82 Å². The summed E-state index contributed by atoms with van der Waals surface area (Å²) in [5.74, 6) is -0.650. The highest BCUT2D eigenvalue weighted by atomic mass is 35.5. The van der Waals surface area contributed by atoms with Crippen molar-refractivity contribution in [3.05, 3.63) is 34.4 Å². The minimum atomic E-state index is -0.650. The average molecular weight is 171 g/mol. The van der Waals surface area contributed by atoms with E-state index in [4.69, 9.17) is 23.9 Å². The molecular weight excluding hydrogens is 167 g/mol. The molecule has 0 aliphatic rings. The molecule has 0 spiro atoms. The molecule has 0 radical (unpaired) electrons. The highest BCUT2D eigenvalue weighted by Gasteiger charge is 2.04. The first-order valence-corrected chi connectivity index (χ1v) is 3.15. The molecule has 0 bridgehead atoms. The number of benzene rings is 1. The Kier molecular flexibility index (Phi) is 1.97. The summed E-state index contributed by atoms with van der Waals surface area (Å²) in [5.41, 5.74) is 5.24. The number of halogens is 2. The molecule has 1 aromatic carbocycles. The van der Waals surface area contributed by atoms with E-state index in [2.05, 4.69) is 4.85 Å². The molecule has 0 saturated carbocycles. The number of nitrogens with zero attached hydrogens (tertiary/aromatic N) is 1. The van der Waals surface area contributed by atoms with Crippen molar-refractivity contribution in [2.24, 2.45) is 0 Å². The van der Waals surface area contributed by atoms with E-state index < -0.39 is 5.82 Å². The monoisotopic (exact) mass is 170 g/mol. The first kappa shape index (κ1) is 7.83. The van der Waals surface area contributed by atoms with Crippen LogP contribution in [0.5, 0.6) is 0 Å². The van der Waals surface area contributed by atoms with Gasteiger partial charge in [-0.1, -0.05) is 11.6 Å². The molecule has 2 nitrogen and oxygen atoms in total. The maximum Gasteiger partial charge on any atom is 0.191 e. The molecule has 0 aromatic heterocycles. The normalized spacial score (nSPS) is 9.18. The van der Waals surface area contributed by atoms with Crippen molar-refractivity contribution >= 4 is 23.0 Å². The molecule has 11 heavy (non-hydrogen) atoms. The third-order valence-electron chi connectivity index (χ3n) is 1.19. The Balaban J connectivity index is 3.35. The largest absolute Gasteiger partial charge is 0.395 e. The Morgan fingerprint density at radius 2 is 2.18 bits per heavy atom. The van der Waals surface area contributed by atoms with Crippen LogP contribution in [-0.4, -0.2) is 0 Å². The Morgan fingerprint density at radius 3 is 2.64 bits per heavy atom. The van der Waals surface area contributed by atoms with Gasteiger partial charge in [-0.05, 0) is 12.1 Å². The summed E-state index contributed by atoms with van der Waals surface area (Å²) in [6.07, 6.45) is 0. The van der Waals surface area contributed by atoms with Gasteiger partial charge in [0.15, 0.2) is 5.69 Å². The van der Waals surface area contributed by atoms with E-state index in [1.165, 1.54) is 6.07 Å². The van der Waals surface area contributed by atoms with Gasteiger partial charge in [0.05, 0.1) is 17.3 Å². The van der Waals surface area contributed by atoms with Crippen LogP contribution in [-0.2, 0) is 0 Å². The lowest BCUT2D eigenvalue weighted by Crippen LogP contribution is -1.90. The predicted molar refractivity (Wildman–Crippen MR) is 42.1 cm³/mol. The number of hydrogen-bond donors (Lipinski definition) is 1. The van der Waals surface area contributed by atoms with Crippen LogP contribution in [0.15, 0.2) is 12.1 Å². The average Bonchev–Trinajstić information content (AvgIpc) is 1.99. The minimum Gasteiger partial charge on any atom is -0.395 e. The summed E-state index contributed by atoms with van der Waals surface area (Å²) in [7, 11) is 0. The van der Waals surface area contributed by atoms with Crippen LogP contribution < -0.4 is 5.73 Å². The zero-order chi connectivity index (χ0) is 8.43. The second kappa shape index (κ2) is 2.77. The van der Waals surface area contributed by atoms with E-state index in [0.29, 0.717) is 0 Å². The fourth-order valence-electron chi connectivity index (χ4n) is 0.635. The van der Waals surface area contributed by atoms with Gasteiger partial charge in [-0.25, -0.2) is 9.24 Å². The van der Waals surface area contributed by atoms with E-state index >= 15 is 0 Å². The van der Waals surface area contributed by atoms with Gasteiger partial charge in [0.2, 0.25) is 0 Å². The topological polar surface area (TPSA) is 30.4 Å². The lowest BCUT2D eigenvalue weighted by Gasteiger charge is -1.98. The molecule has 0 heterocycles. The number of nitrogens with two attached hydrogens (primary N) is 1. The molecule has 2 N–H and O–H groups in total. The van der Waals surface area contributed by atoms with Crippen molar-refractivity contribution in [2.45, 2.75) is 0 Å². The molecule has 56 valence electrons. The van der Waals surface area contributed by atoms with E-state index in [-0.39, 0.29) is 16.4 Å². The lowest BCUT2D eigenvalue weighted by molar-refractivity contribution is 0.633. The van der Waals surface area contributed by atoms with E-state index in [9.17, 15) is 4.39 Å². The van der Waals surface area contributed by atoms with Crippen molar-refractivity contribution in [3.8, 4) is 0 Å². The van der Waals surface area contributed by atoms with E-state index in [1.807, 2.05) is 0 Å². The second-order valence-corrected chi connectivity index (χ2v) is 2.34. The molecular formula is C7H4ClFN2. The van der Waals surface area contributed by atoms with Gasteiger partial charge in [-0.2, -0.15) is 0 Å². The summed E-state index contributed by atoms with van der Waals surface area (Å²) in [6, 6.07) is 2.38. The standard InChI is InChI=1S/C7H4ClFN2/c1-11-4-2-5(8)7(10)6(9)3-4/h2-3H,10H2. The fourth-order valence-corrected chi connectivity index (χ4v) is 0.838. The summed E-state index contributed by atoms with van der Waals surface area (Å²) >= 11 is 5.49. The Labute approximate surface area is 68.2 Å². The smallest absolute Gasteiger partial charge is 0.191 e. The van der Waals surface area contributed by atoms with Gasteiger partial charge in [0, 0.05) is 0 Å². The molecule has 0 aliphatic heterocycles. The van der Waals surface area contributed by atoms with Crippen molar-refractivity contribution in [1.29, 1.82) is 0 Å². The molecule has 1 rings (SSSR count). The zero-order valence-corrected chi connectivity index (χ0v) is 6.19. The molecule has 1 aromatic rings. The fraction of sp³-hybridized carbons (Fsp3) is 0. The number of hydrogen-bond acceptors (Lipinski definition) is 1. The van der Waals surface area contributed by atoms with Gasteiger partial charge in [0.25, 0.3) is 0 Å². The maximum absolute atomic E-state index is 12.7. The highest BCUT2D eigenvalue weighted by molar-refractivity contribution is 6.33. The molecule has 4 heteroatoms. The van der Waals surface area contributed by atoms with Crippen molar-refractivity contribution < 1.29 is 4.39 Å². The molecule has 0 unspecified atom stereocenters. The van der Waals surface area contributed by atoms with Crippen LogP contribution in [0.2, 0.25) is 5.02 Å². The van der Waals surface area contributed by atoms with Crippen LogP contribution in [0.25, 0.3) is 4.85 Å². The van der Waals surface area contributed by atoms with E-state index in [1.54, 1.807) is 0 Å². The summed E-state index contributed by atoms with van der Waals surface area (Å²) in [6.45, 7) is 6.57. The van der Waals surface area contributed by atoms with E-state index in [0.717, 1.165) is 6.07 Å². The second-order valence-electron chi connectivity index (χ2n) is 1.93. The van der Waals surface area contributed by atoms with Gasteiger partial charge >= 0.3 is 0 Å². The molecule has 0 amide bonds. The molecule has 0 aliphatic carbocycles. The third-order valence-corrected chi connectivity index (χ3v) is 1.51. The predicted octanol–water partition coefficient (Wildman–Crippen LogP) is 2.61. The number of rotatable bonds is 0. The number of anilines is 1. The summed E-state index contributed by atoms with van der Waals surface area (Å²) in [5, 5.41) is 0.0796. The highest BCUT2D eigenvalue weighted by Crippen LogP contribution is 2.27. The maximum atomic E-state index is 12.7. The Morgan fingerprint density at radius 1 is 1.55 bits per heavy atom. The summed E-state index contributed by atoms with van der Waals surface area (Å²) < 4.78 is 12.7. The minimum absolute atomic E-state index is 0.0796. The Bertz CT molecular complexity index is 307. The zero-order valence-electron chi connectivity index (χ0n) is 5.44. The van der Waals surface area contributed by atoms with Crippen LogP contribution in [0.3, 0.4) is 0 Å².